The Labute approximate surface area is 265 Å². The molecule has 3 aliphatic heterocycles. The van der Waals surface area contributed by atoms with Gasteiger partial charge in [0.05, 0.1) is 12.5 Å². The standard InChI is InChI=1S/C35H58N4O5/c40-31(17-9-3-6-13-27-11-4-1-5-12-27)37-21-23-38(24-22-37)35(43)39-32(34(42)44-26-29-14-7-2-8-15-29)30(33(39)41)19-18-28-16-10-20-36-25-28/h27-30,32,36H,1-26H2/t28?,30-,32?/m1/s1. The van der Waals surface area contributed by atoms with Gasteiger partial charge in [-0.05, 0) is 75.8 Å². The molecular weight excluding hydrogens is 556 g/mol. The molecule has 44 heavy (non-hydrogen) atoms. The molecule has 0 aromatic heterocycles. The molecule has 0 spiro atoms. The molecule has 0 radical (unpaired) electrons. The Bertz CT molecular complexity index is 949. The van der Waals surface area contributed by atoms with Crippen molar-refractivity contribution in [1.29, 1.82) is 0 Å². The van der Waals surface area contributed by atoms with Crippen LogP contribution >= 0.6 is 0 Å². The van der Waals surface area contributed by atoms with E-state index in [1.54, 1.807) is 4.90 Å². The monoisotopic (exact) mass is 614 g/mol. The number of unbranched alkanes of at least 4 members (excludes halogenated alkanes) is 2. The third-order valence-corrected chi connectivity index (χ3v) is 11.3. The van der Waals surface area contributed by atoms with Crippen LogP contribution in [0.15, 0.2) is 0 Å². The fraction of sp³-hybridized carbons (Fsp3) is 0.886. The van der Waals surface area contributed by atoms with E-state index >= 15 is 0 Å². The van der Waals surface area contributed by atoms with E-state index in [0.717, 1.165) is 64.0 Å². The summed E-state index contributed by atoms with van der Waals surface area (Å²) >= 11 is 0. The predicted octanol–water partition coefficient (Wildman–Crippen LogP) is 5.51. The average Bonchev–Trinajstić information content (AvgIpc) is 3.07. The van der Waals surface area contributed by atoms with Crippen LogP contribution in [0.2, 0.25) is 0 Å². The summed E-state index contributed by atoms with van der Waals surface area (Å²) in [6.07, 6.45) is 21.5. The minimum atomic E-state index is -0.830. The van der Waals surface area contributed by atoms with Crippen LogP contribution in [-0.2, 0) is 19.1 Å². The molecule has 0 bridgehead atoms. The molecule has 5 rings (SSSR count). The third kappa shape index (κ3) is 8.97. The second-order valence-electron chi connectivity index (χ2n) is 14.4. The first-order chi connectivity index (χ1) is 21.5. The number of carbonyl (C=O) groups is 4. The molecule has 3 heterocycles. The maximum atomic E-state index is 13.6. The van der Waals surface area contributed by atoms with Crippen molar-refractivity contribution in [3.63, 3.8) is 0 Å². The van der Waals surface area contributed by atoms with Gasteiger partial charge in [0.25, 0.3) is 0 Å². The molecule has 5 fully saturated rings. The van der Waals surface area contributed by atoms with Gasteiger partial charge in [-0.2, -0.15) is 0 Å². The summed E-state index contributed by atoms with van der Waals surface area (Å²) in [5.41, 5.74) is 0. The first kappa shape index (κ1) is 33.2. The lowest BCUT2D eigenvalue weighted by molar-refractivity contribution is -0.172. The zero-order valence-electron chi connectivity index (χ0n) is 27.2. The van der Waals surface area contributed by atoms with E-state index < -0.39 is 24.0 Å². The van der Waals surface area contributed by atoms with Gasteiger partial charge in [-0.25, -0.2) is 14.5 Å². The Hall–Kier alpha value is -2.16. The fourth-order valence-electron chi connectivity index (χ4n) is 8.36. The van der Waals surface area contributed by atoms with Crippen molar-refractivity contribution in [3.8, 4) is 0 Å². The Kier molecular flexibility index (Phi) is 12.8. The van der Waals surface area contributed by atoms with Crippen LogP contribution < -0.4 is 5.32 Å². The van der Waals surface area contributed by atoms with Gasteiger partial charge < -0.3 is 19.9 Å². The highest BCUT2D eigenvalue weighted by Gasteiger charge is 2.56. The second-order valence-corrected chi connectivity index (χ2v) is 14.4. The van der Waals surface area contributed by atoms with Crippen molar-refractivity contribution in [3.05, 3.63) is 0 Å². The van der Waals surface area contributed by atoms with Crippen LogP contribution in [0.5, 0.6) is 0 Å². The van der Waals surface area contributed by atoms with Gasteiger partial charge in [0.1, 0.15) is 0 Å². The number of imide groups is 1. The predicted molar refractivity (Wildman–Crippen MR) is 170 cm³/mol. The van der Waals surface area contributed by atoms with Gasteiger partial charge in [0.15, 0.2) is 6.04 Å². The quantitative estimate of drug-likeness (QED) is 0.177. The van der Waals surface area contributed by atoms with Gasteiger partial charge in [-0.15, -0.1) is 0 Å². The minimum absolute atomic E-state index is 0.163. The van der Waals surface area contributed by atoms with Crippen LogP contribution in [-0.4, -0.2) is 90.4 Å². The van der Waals surface area contributed by atoms with Crippen molar-refractivity contribution < 1.29 is 23.9 Å². The lowest BCUT2D eigenvalue weighted by Gasteiger charge is -2.47. The first-order valence-corrected chi connectivity index (χ1v) is 18.3. The smallest absolute Gasteiger partial charge is 0.330 e. The summed E-state index contributed by atoms with van der Waals surface area (Å²) in [4.78, 5) is 58.0. The molecule has 9 heteroatoms. The highest BCUT2D eigenvalue weighted by atomic mass is 16.5. The zero-order chi connectivity index (χ0) is 30.7. The molecule has 5 aliphatic rings. The largest absolute Gasteiger partial charge is 0.464 e. The van der Waals surface area contributed by atoms with E-state index in [1.165, 1.54) is 69.1 Å². The lowest BCUT2D eigenvalue weighted by atomic mass is 9.80. The molecule has 2 aliphatic carbocycles. The van der Waals surface area contributed by atoms with E-state index in [9.17, 15) is 19.2 Å². The molecule has 9 nitrogen and oxygen atoms in total. The van der Waals surface area contributed by atoms with E-state index in [0.29, 0.717) is 57.5 Å². The van der Waals surface area contributed by atoms with Gasteiger partial charge in [-0.3, -0.25) is 9.59 Å². The molecule has 2 unspecified atom stereocenters. The number of nitrogens with zero attached hydrogens (tertiary/aromatic N) is 3. The van der Waals surface area contributed by atoms with E-state index in [1.807, 2.05) is 4.90 Å². The summed E-state index contributed by atoms with van der Waals surface area (Å²) in [6.45, 7) is 4.09. The van der Waals surface area contributed by atoms with Crippen molar-refractivity contribution in [1.82, 2.24) is 20.0 Å². The summed E-state index contributed by atoms with van der Waals surface area (Å²) < 4.78 is 5.79. The number of carbonyl (C=O) groups excluding carboxylic acids is 4. The first-order valence-electron chi connectivity index (χ1n) is 18.3. The van der Waals surface area contributed by atoms with E-state index in [-0.39, 0.29) is 11.8 Å². The molecule has 248 valence electrons. The number of hydrogen-bond acceptors (Lipinski definition) is 6. The molecule has 0 aromatic carbocycles. The van der Waals surface area contributed by atoms with Crippen molar-refractivity contribution >= 4 is 23.8 Å². The number of esters is 1. The van der Waals surface area contributed by atoms with E-state index in [2.05, 4.69) is 5.32 Å². The zero-order valence-corrected chi connectivity index (χ0v) is 27.2. The summed E-state index contributed by atoms with van der Waals surface area (Å²) in [5, 5.41) is 3.43. The minimum Gasteiger partial charge on any atom is -0.464 e. The number of ether oxygens (including phenoxy) is 1. The van der Waals surface area contributed by atoms with Crippen LogP contribution in [0.25, 0.3) is 0 Å². The molecule has 1 N–H and O–H groups in total. The highest BCUT2D eigenvalue weighted by molar-refractivity contribution is 6.07. The number of piperazine rings is 1. The Morgan fingerprint density at radius 1 is 0.705 bits per heavy atom. The van der Waals surface area contributed by atoms with Crippen molar-refractivity contribution in [2.24, 2.45) is 23.7 Å². The highest BCUT2D eigenvalue weighted by Crippen LogP contribution is 2.35. The number of β-lactam (4-membered cyclic amide) rings is 1. The summed E-state index contributed by atoms with van der Waals surface area (Å²) in [7, 11) is 0. The van der Waals surface area contributed by atoms with Crippen molar-refractivity contribution in [2.45, 2.75) is 128 Å². The van der Waals surface area contributed by atoms with E-state index in [4.69, 9.17) is 4.74 Å². The van der Waals surface area contributed by atoms with Crippen LogP contribution in [0, 0.1) is 23.7 Å². The topological polar surface area (TPSA) is 99.3 Å². The van der Waals surface area contributed by atoms with Crippen LogP contribution in [0.4, 0.5) is 4.79 Å². The Morgan fingerprint density at radius 2 is 1.36 bits per heavy atom. The molecule has 2 saturated carbocycles. The van der Waals surface area contributed by atoms with Crippen LogP contribution in [0.3, 0.4) is 0 Å². The Balaban J connectivity index is 1.08. The van der Waals surface area contributed by atoms with Gasteiger partial charge in [0, 0.05) is 32.6 Å². The number of piperidine rings is 1. The van der Waals surface area contributed by atoms with Crippen LogP contribution in [0.1, 0.15) is 122 Å². The molecule has 4 amide bonds. The SMILES string of the molecule is O=C(OCC1CCCCC1)C1[C@@H](CCC2CCCNC2)C(=O)N1C(=O)N1CCN(C(=O)CCCCCC2CCCCC2)CC1. The number of rotatable bonds is 12. The second kappa shape index (κ2) is 17.0. The normalized spacial score (nSPS) is 27.2. The van der Waals surface area contributed by atoms with Gasteiger partial charge >= 0.3 is 12.0 Å². The Morgan fingerprint density at radius 3 is 2.05 bits per heavy atom. The fourth-order valence-corrected chi connectivity index (χ4v) is 8.36. The average molecular weight is 615 g/mol. The summed E-state index contributed by atoms with van der Waals surface area (Å²) in [6, 6.07) is -1.23. The number of amides is 4. The molecule has 3 saturated heterocycles. The number of nitrogens with one attached hydrogen (secondary N) is 1. The van der Waals surface area contributed by atoms with Crippen molar-refractivity contribution in [2.75, 3.05) is 45.9 Å². The number of urea groups is 1. The number of likely N-dealkylation sites (tertiary alicyclic amines) is 1. The summed E-state index contributed by atoms with van der Waals surface area (Å²) in [5.74, 6) is 0.783. The maximum Gasteiger partial charge on any atom is 0.330 e. The molecule has 0 aromatic rings. The maximum absolute atomic E-state index is 13.6. The number of hydrogen-bond donors (Lipinski definition) is 1. The van der Waals surface area contributed by atoms with Gasteiger partial charge in [-0.1, -0.05) is 70.6 Å². The van der Waals surface area contributed by atoms with Gasteiger partial charge in [0.2, 0.25) is 11.8 Å². The molecular formula is C35H58N4O5. The third-order valence-electron chi connectivity index (χ3n) is 11.3. The lowest BCUT2D eigenvalue weighted by Crippen LogP contribution is -2.69. The molecule has 3 atom stereocenters.